The number of hydrogen-bond acceptors (Lipinski definition) is 7. The van der Waals surface area contributed by atoms with Gasteiger partial charge in [0.25, 0.3) is 0 Å². The van der Waals surface area contributed by atoms with Crippen LogP contribution in [0.1, 0.15) is 90.9 Å². The molecule has 0 amide bonds. The Morgan fingerprint density at radius 3 is 1.12 bits per heavy atom. The van der Waals surface area contributed by atoms with Gasteiger partial charge in [0.1, 0.15) is 0 Å². The molecule has 206 valence electrons. The van der Waals surface area contributed by atoms with Crippen molar-refractivity contribution in [3.63, 3.8) is 0 Å². The van der Waals surface area contributed by atoms with Crippen LogP contribution in [-0.4, -0.2) is 76.0 Å². The van der Waals surface area contributed by atoms with Gasteiger partial charge in [0.15, 0.2) is 0 Å². The summed E-state index contributed by atoms with van der Waals surface area (Å²) < 4.78 is 47.8. The lowest BCUT2D eigenvalue weighted by Gasteiger charge is -2.33. The van der Waals surface area contributed by atoms with E-state index in [9.17, 15) is 4.21 Å². The van der Waals surface area contributed by atoms with Crippen LogP contribution < -0.4 is 0 Å². The predicted molar refractivity (Wildman–Crippen MR) is 146 cm³/mol. The number of hydrogen-bond donors (Lipinski definition) is 0. The second kappa shape index (κ2) is 20.4. The molecule has 0 radical (unpaired) electrons. The third kappa shape index (κ3) is 11.6. The second-order valence-corrected chi connectivity index (χ2v) is 17.1. The van der Waals surface area contributed by atoms with Gasteiger partial charge in [-0.2, -0.15) is 0 Å². The fraction of sp³-hybridized carbons (Fsp3) is 1.00. The van der Waals surface area contributed by atoms with Crippen molar-refractivity contribution in [2.75, 3.05) is 54.2 Å². The average Bonchev–Trinajstić information content (AvgIpc) is 2.87. The molecule has 0 N–H and O–H groups in total. The molecule has 7 nitrogen and oxygen atoms in total. The molecule has 0 aliphatic carbocycles. The van der Waals surface area contributed by atoms with E-state index in [0.29, 0.717) is 11.5 Å². The van der Waals surface area contributed by atoms with E-state index in [2.05, 4.69) is 13.8 Å². The molecular formula is C24H54O7SSi2. The summed E-state index contributed by atoms with van der Waals surface area (Å²) in [6.07, 6.45) is 13.0. The Kier molecular flexibility index (Phi) is 20.6. The Labute approximate surface area is 215 Å². The van der Waals surface area contributed by atoms with E-state index >= 15 is 0 Å². The van der Waals surface area contributed by atoms with Gasteiger partial charge >= 0.3 is 17.6 Å². The van der Waals surface area contributed by atoms with Gasteiger partial charge in [-0.3, -0.25) is 4.21 Å². The van der Waals surface area contributed by atoms with Crippen molar-refractivity contribution in [2.24, 2.45) is 0 Å². The number of rotatable bonds is 24. The summed E-state index contributed by atoms with van der Waals surface area (Å²) in [6.45, 7) is 4.43. The van der Waals surface area contributed by atoms with E-state index in [1.54, 1.807) is 42.7 Å². The highest BCUT2D eigenvalue weighted by molar-refractivity contribution is 7.84. The molecule has 0 aromatic heterocycles. The summed E-state index contributed by atoms with van der Waals surface area (Å²) in [7, 11) is 3.51. The van der Waals surface area contributed by atoms with Gasteiger partial charge in [0, 0.05) is 76.0 Å². The van der Waals surface area contributed by atoms with Crippen molar-refractivity contribution >= 4 is 28.4 Å². The molecule has 0 fully saturated rings. The molecule has 0 spiro atoms. The zero-order chi connectivity index (χ0) is 25.9. The van der Waals surface area contributed by atoms with Crippen LogP contribution in [0.3, 0.4) is 0 Å². The summed E-state index contributed by atoms with van der Waals surface area (Å²) in [4.78, 5) is 0. The van der Waals surface area contributed by atoms with E-state index in [4.69, 9.17) is 26.6 Å². The van der Waals surface area contributed by atoms with Crippen molar-refractivity contribution in [3.05, 3.63) is 0 Å². The molecule has 2 atom stereocenters. The van der Waals surface area contributed by atoms with Crippen LogP contribution in [0.15, 0.2) is 0 Å². The van der Waals surface area contributed by atoms with E-state index in [0.717, 1.165) is 38.5 Å². The average molecular weight is 543 g/mol. The molecule has 0 aliphatic heterocycles. The van der Waals surface area contributed by atoms with Crippen LogP contribution in [0, 0.1) is 0 Å². The lowest BCUT2D eigenvalue weighted by atomic mass is 10.1. The van der Waals surface area contributed by atoms with Crippen LogP contribution >= 0.6 is 0 Å². The van der Waals surface area contributed by atoms with E-state index in [1.807, 2.05) is 0 Å². The highest BCUT2D eigenvalue weighted by Gasteiger charge is 2.48. The summed E-state index contributed by atoms with van der Waals surface area (Å²) in [6, 6.07) is 0. The van der Waals surface area contributed by atoms with Gasteiger partial charge in [-0.15, -0.1) is 0 Å². The van der Waals surface area contributed by atoms with Crippen LogP contribution in [-0.2, 0) is 37.4 Å². The SMILES string of the molecule is CCCCCCC(CCS(=O)CCC(CCCCCC)[Si](OC)(OC)OC)[Si](OC)(OC)OC. The molecular weight excluding hydrogens is 488 g/mol. The molecule has 0 saturated heterocycles. The monoisotopic (exact) mass is 542 g/mol. The maximum absolute atomic E-state index is 13.1. The lowest BCUT2D eigenvalue weighted by Crippen LogP contribution is -2.48. The minimum Gasteiger partial charge on any atom is -0.377 e. The normalized spacial score (nSPS) is 15.4. The first-order valence-electron chi connectivity index (χ1n) is 13.0. The Bertz CT molecular complexity index is 447. The zero-order valence-electron chi connectivity index (χ0n) is 23.3. The highest BCUT2D eigenvalue weighted by atomic mass is 32.2. The molecule has 10 heteroatoms. The molecule has 0 bridgehead atoms. The van der Waals surface area contributed by atoms with Crippen molar-refractivity contribution in [1.29, 1.82) is 0 Å². The van der Waals surface area contributed by atoms with Gasteiger partial charge < -0.3 is 26.6 Å². The molecule has 0 saturated carbocycles. The highest BCUT2D eigenvalue weighted by Crippen LogP contribution is 2.35. The van der Waals surface area contributed by atoms with Crippen LogP contribution in [0.4, 0.5) is 0 Å². The van der Waals surface area contributed by atoms with Gasteiger partial charge in [-0.25, -0.2) is 0 Å². The summed E-state index contributed by atoms with van der Waals surface area (Å²) in [5.41, 5.74) is 0.312. The maximum atomic E-state index is 13.1. The molecule has 34 heavy (non-hydrogen) atoms. The smallest absolute Gasteiger partial charge is 0.377 e. The van der Waals surface area contributed by atoms with Crippen molar-refractivity contribution in [1.82, 2.24) is 0 Å². The first kappa shape index (κ1) is 34.3. The van der Waals surface area contributed by atoms with Crippen molar-refractivity contribution in [3.8, 4) is 0 Å². The Morgan fingerprint density at radius 2 is 0.853 bits per heavy atom. The molecule has 2 unspecified atom stereocenters. The first-order valence-corrected chi connectivity index (χ1v) is 18.1. The molecule has 0 heterocycles. The largest absolute Gasteiger partial charge is 0.503 e. The third-order valence-electron chi connectivity index (χ3n) is 6.91. The van der Waals surface area contributed by atoms with E-state index in [-0.39, 0.29) is 11.1 Å². The fourth-order valence-corrected chi connectivity index (χ4v) is 11.6. The predicted octanol–water partition coefficient (Wildman–Crippen LogP) is 5.95. The first-order chi connectivity index (χ1) is 16.4. The quantitative estimate of drug-likeness (QED) is 0.110. The zero-order valence-corrected chi connectivity index (χ0v) is 26.1. The Hall–Kier alpha value is 0.344. The summed E-state index contributed by atoms with van der Waals surface area (Å²) >= 11 is 0. The lowest BCUT2D eigenvalue weighted by molar-refractivity contribution is 0.108. The van der Waals surface area contributed by atoms with Crippen LogP contribution in [0.2, 0.25) is 11.1 Å². The molecule has 0 aromatic rings. The third-order valence-corrected chi connectivity index (χ3v) is 14.9. The maximum Gasteiger partial charge on any atom is 0.503 e. The fourth-order valence-electron chi connectivity index (χ4n) is 4.78. The van der Waals surface area contributed by atoms with Crippen LogP contribution in [0.5, 0.6) is 0 Å². The van der Waals surface area contributed by atoms with Gasteiger partial charge in [0.2, 0.25) is 0 Å². The minimum absolute atomic E-state index is 0.156. The molecule has 0 rings (SSSR count). The van der Waals surface area contributed by atoms with Crippen LogP contribution in [0.25, 0.3) is 0 Å². The molecule has 0 aliphatic rings. The van der Waals surface area contributed by atoms with Gasteiger partial charge in [0.05, 0.1) is 0 Å². The topological polar surface area (TPSA) is 72.5 Å². The van der Waals surface area contributed by atoms with E-state index < -0.39 is 28.4 Å². The summed E-state index contributed by atoms with van der Waals surface area (Å²) in [5, 5.41) is 0. The van der Waals surface area contributed by atoms with Crippen molar-refractivity contribution < 1.29 is 30.8 Å². The van der Waals surface area contributed by atoms with Gasteiger partial charge in [-0.1, -0.05) is 65.2 Å². The standard InChI is InChI=1S/C24H54O7SSi2/c1-9-11-13-15-17-23(33(26-3,27-4)28-5)19-21-32(25)22-20-24(18-16-14-12-10-2)34(29-6,30-7)31-8/h23-24H,9-22H2,1-8H3. The Morgan fingerprint density at radius 1 is 0.529 bits per heavy atom. The molecule has 0 aromatic carbocycles. The summed E-state index contributed by atoms with van der Waals surface area (Å²) in [5.74, 6) is 1.24. The van der Waals surface area contributed by atoms with Crippen molar-refractivity contribution in [2.45, 2.75) is 102 Å². The van der Waals surface area contributed by atoms with Gasteiger partial charge in [-0.05, 0) is 25.7 Å². The minimum atomic E-state index is -2.78. The van der Waals surface area contributed by atoms with E-state index in [1.165, 1.54) is 38.5 Å². The second-order valence-electron chi connectivity index (χ2n) is 8.95. The number of unbranched alkanes of at least 4 members (excludes halogenated alkanes) is 6. The Balaban J connectivity index is 5.10.